The standard InChI is InChI=1S/C17H20BrNO4S/c1-10(20)12-13(21)19-14(12)24-16(2,17(19,18)15(22)23)9-8-11-6-4-3-5-7-11/h3-7,10,12,14,20H,8-9H2,1-2H3,(H,22,23)/t10?,12-,14-,16?,17+/m1/s1. The van der Waals surface area contributed by atoms with Crippen molar-refractivity contribution < 1.29 is 19.8 Å². The fraction of sp³-hybridized carbons (Fsp3) is 0.529. The van der Waals surface area contributed by atoms with E-state index in [1.807, 2.05) is 37.3 Å². The molecule has 1 aromatic carbocycles. The highest BCUT2D eigenvalue weighted by Crippen LogP contribution is 2.63. The molecule has 0 aliphatic carbocycles. The van der Waals surface area contributed by atoms with E-state index >= 15 is 0 Å². The van der Waals surface area contributed by atoms with Gasteiger partial charge in [0.1, 0.15) is 0 Å². The van der Waals surface area contributed by atoms with Gasteiger partial charge in [0.15, 0.2) is 0 Å². The molecule has 2 N–H and O–H groups in total. The molecule has 5 nitrogen and oxygen atoms in total. The summed E-state index contributed by atoms with van der Waals surface area (Å²) in [6.07, 6.45) is 0.540. The van der Waals surface area contributed by atoms with Gasteiger partial charge in [0.2, 0.25) is 10.4 Å². The summed E-state index contributed by atoms with van der Waals surface area (Å²) >= 11 is 4.86. The second-order valence-corrected chi connectivity index (χ2v) is 9.39. The lowest BCUT2D eigenvalue weighted by Crippen LogP contribution is -2.69. The van der Waals surface area contributed by atoms with E-state index in [9.17, 15) is 19.8 Å². The zero-order valence-corrected chi connectivity index (χ0v) is 15.9. The number of hydrogen-bond acceptors (Lipinski definition) is 4. The SMILES string of the molecule is CC(O)[C@@H]1C(=O)N2[C@@H]1SC(C)(CCc1ccccc1)[C@]2(Br)C(=O)O. The maximum absolute atomic E-state index is 12.4. The van der Waals surface area contributed by atoms with Gasteiger partial charge in [-0.15, -0.1) is 11.8 Å². The Balaban J connectivity index is 1.88. The van der Waals surface area contributed by atoms with Crippen LogP contribution in [0.25, 0.3) is 0 Å². The largest absolute Gasteiger partial charge is 0.479 e. The first-order valence-corrected chi connectivity index (χ1v) is 9.55. The zero-order valence-electron chi connectivity index (χ0n) is 13.5. The fourth-order valence-electron chi connectivity index (χ4n) is 3.56. The highest BCUT2D eigenvalue weighted by molar-refractivity contribution is 9.10. The van der Waals surface area contributed by atoms with E-state index in [2.05, 4.69) is 15.9 Å². The molecule has 1 aromatic rings. The van der Waals surface area contributed by atoms with Crippen LogP contribution in [0.3, 0.4) is 0 Å². The monoisotopic (exact) mass is 413 g/mol. The topological polar surface area (TPSA) is 77.8 Å². The van der Waals surface area contributed by atoms with Crippen molar-refractivity contribution in [1.29, 1.82) is 0 Å². The highest BCUT2D eigenvalue weighted by atomic mass is 79.9. The van der Waals surface area contributed by atoms with Crippen LogP contribution in [0, 0.1) is 5.92 Å². The number of alkyl halides is 1. The fourth-order valence-corrected chi connectivity index (χ4v) is 6.53. The lowest BCUT2D eigenvalue weighted by molar-refractivity contribution is -0.170. The molecule has 2 unspecified atom stereocenters. The maximum atomic E-state index is 12.4. The van der Waals surface area contributed by atoms with Gasteiger partial charge in [-0.1, -0.05) is 30.3 Å². The number of thioether (sulfide) groups is 1. The summed E-state index contributed by atoms with van der Waals surface area (Å²) in [5.41, 5.74) is 1.13. The van der Waals surface area contributed by atoms with E-state index < -0.39 is 27.2 Å². The molecular weight excluding hydrogens is 394 g/mol. The average molecular weight is 414 g/mol. The van der Waals surface area contributed by atoms with Crippen LogP contribution < -0.4 is 0 Å². The zero-order chi connectivity index (χ0) is 17.7. The number of carboxylic acids is 1. The number of hydrogen-bond donors (Lipinski definition) is 2. The van der Waals surface area contributed by atoms with Crippen molar-refractivity contribution in [2.45, 2.75) is 47.4 Å². The number of halogens is 1. The average Bonchev–Trinajstić information content (AvgIpc) is 2.72. The van der Waals surface area contributed by atoms with Crippen molar-refractivity contribution in [3.63, 3.8) is 0 Å². The van der Waals surface area contributed by atoms with Crippen molar-refractivity contribution in [2.75, 3.05) is 0 Å². The molecule has 1 amide bonds. The van der Waals surface area contributed by atoms with Crippen LogP contribution in [0.1, 0.15) is 25.8 Å². The van der Waals surface area contributed by atoms with E-state index in [-0.39, 0.29) is 11.3 Å². The van der Waals surface area contributed by atoms with Crippen LogP contribution in [0.2, 0.25) is 0 Å². The quantitative estimate of drug-likeness (QED) is 0.440. The molecule has 2 fully saturated rings. The van der Waals surface area contributed by atoms with Gasteiger partial charge < -0.3 is 15.1 Å². The first kappa shape index (κ1) is 17.8. The number of β-lactam (4-membered cyclic amide) rings is 1. The predicted octanol–water partition coefficient (Wildman–Crippen LogP) is 2.47. The third-order valence-corrected chi connectivity index (χ3v) is 8.66. The van der Waals surface area contributed by atoms with Gasteiger partial charge in [0.05, 0.1) is 22.1 Å². The molecule has 24 heavy (non-hydrogen) atoms. The van der Waals surface area contributed by atoms with Crippen LogP contribution in [-0.2, 0) is 16.0 Å². The van der Waals surface area contributed by atoms with E-state index in [0.717, 1.165) is 12.0 Å². The first-order valence-electron chi connectivity index (χ1n) is 7.87. The Morgan fingerprint density at radius 1 is 1.42 bits per heavy atom. The minimum absolute atomic E-state index is 0.301. The Bertz CT molecular complexity index is 670. The van der Waals surface area contributed by atoms with Crippen LogP contribution in [0.5, 0.6) is 0 Å². The summed E-state index contributed by atoms with van der Waals surface area (Å²) in [7, 11) is 0. The van der Waals surface area contributed by atoms with Crippen LogP contribution in [0.15, 0.2) is 30.3 Å². The number of amides is 1. The number of carboxylic acid groups (broad SMARTS) is 1. The molecule has 7 heteroatoms. The number of aliphatic hydroxyl groups is 1. The first-order chi connectivity index (χ1) is 11.2. The number of aliphatic hydroxyl groups excluding tert-OH is 1. The minimum Gasteiger partial charge on any atom is -0.479 e. The predicted molar refractivity (Wildman–Crippen MR) is 95.9 cm³/mol. The summed E-state index contributed by atoms with van der Waals surface area (Å²) in [6.45, 7) is 3.46. The van der Waals surface area contributed by atoms with E-state index in [4.69, 9.17) is 0 Å². The third-order valence-electron chi connectivity index (χ3n) is 5.03. The van der Waals surface area contributed by atoms with Gasteiger partial charge in [-0.25, -0.2) is 4.79 Å². The Morgan fingerprint density at radius 2 is 2.04 bits per heavy atom. The number of carbonyl (C=O) groups excluding carboxylic acids is 1. The molecule has 0 radical (unpaired) electrons. The van der Waals surface area contributed by atoms with E-state index in [1.165, 1.54) is 16.7 Å². The van der Waals surface area contributed by atoms with Gasteiger partial charge in [0, 0.05) is 0 Å². The third kappa shape index (κ3) is 2.40. The molecule has 2 aliphatic heterocycles. The molecule has 0 aromatic heterocycles. The van der Waals surface area contributed by atoms with Gasteiger partial charge in [-0.3, -0.25) is 4.79 Å². The van der Waals surface area contributed by atoms with Crippen molar-refractivity contribution in [1.82, 2.24) is 4.90 Å². The molecule has 2 heterocycles. The Labute approximate surface area is 153 Å². The van der Waals surface area contributed by atoms with E-state index in [1.54, 1.807) is 6.92 Å². The number of fused-ring (bicyclic) bond motifs is 1. The summed E-state index contributed by atoms with van der Waals surface area (Å²) in [5, 5.41) is 19.4. The number of benzene rings is 1. The van der Waals surface area contributed by atoms with E-state index in [0.29, 0.717) is 6.42 Å². The lowest BCUT2D eigenvalue weighted by atomic mass is 9.86. The second-order valence-electron chi connectivity index (χ2n) is 6.63. The normalized spacial score (nSPS) is 36.2. The number of aryl methyl sites for hydroxylation is 1. The number of nitrogens with zero attached hydrogens (tertiary/aromatic N) is 1. The summed E-state index contributed by atoms with van der Waals surface area (Å²) in [6, 6.07) is 9.88. The van der Waals surface area contributed by atoms with Crippen LogP contribution in [0.4, 0.5) is 0 Å². The van der Waals surface area contributed by atoms with Crippen molar-refractivity contribution in [3.8, 4) is 0 Å². The van der Waals surface area contributed by atoms with Crippen LogP contribution >= 0.6 is 27.7 Å². The van der Waals surface area contributed by atoms with Gasteiger partial charge >= 0.3 is 5.97 Å². The minimum atomic E-state index is -1.45. The molecule has 130 valence electrons. The molecule has 2 aliphatic rings. The van der Waals surface area contributed by atoms with Gasteiger partial charge in [-0.05, 0) is 48.2 Å². The van der Waals surface area contributed by atoms with Gasteiger partial charge in [0.25, 0.3) is 0 Å². The Hall–Kier alpha value is -1.05. The Kier molecular flexibility index (Phi) is 4.47. The highest BCUT2D eigenvalue weighted by Gasteiger charge is 2.73. The number of rotatable bonds is 5. The number of carbonyl (C=O) groups is 2. The smallest absolute Gasteiger partial charge is 0.342 e. The summed E-state index contributed by atoms with van der Waals surface area (Å²) in [4.78, 5) is 25.9. The lowest BCUT2D eigenvalue weighted by Gasteiger charge is -2.48. The molecule has 2 saturated heterocycles. The molecule has 0 spiro atoms. The second kappa shape index (κ2) is 6.04. The summed E-state index contributed by atoms with van der Waals surface area (Å²) in [5.74, 6) is -1.90. The van der Waals surface area contributed by atoms with Crippen molar-refractivity contribution in [3.05, 3.63) is 35.9 Å². The molecule has 3 rings (SSSR count). The molecular formula is C17H20BrNO4S. The van der Waals surface area contributed by atoms with Crippen LogP contribution in [-0.4, -0.2) is 47.7 Å². The number of aliphatic carboxylic acids is 1. The Morgan fingerprint density at radius 3 is 2.58 bits per heavy atom. The van der Waals surface area contributed by atoms with Crippen molar-refractivity contribution in [2.24, 2.45) is 5.92 Å². The van der Waals surface area contributed by atoms with Gasteiger partial charge in [-0.2, -0.15) is 0 Å². The molecule has 5 atom stereocenters. The van der Waals surface area contributed by atoms with Crippen molar-refractivity contribution >= 4 is 39.6 Å². The maximum Gasteiger partial charge on any atom is 0.342 e. The summed E-state index contributed by atoms with van der Waals surface area (Å²) < 4.78 is -2.15. The molecule has 0 saturated carbocycles. The molecule has 0 bridgehead atoms.